The van der Waals surface area contributed by atoms with Crippen LogP contribution in [0.2, 0.25) is 0 Å². The molecule has 0 aliphatic carbocycles. The zero-order valence-electron chi connectivity index (χ0n) is 16.5. The van der Waals surface area contributed by atoms with Gasteiger partial charge in [-0.2, -0.15) is 0 Å². The van der Waals surface area contributed by atoms with E-state index in [1.807, 2.05) is 23.9 Å². The van der Waals surface area contributed by atoms with Crippen LogP contribution in [0.25, 0.3) is 0 Å². The molecule has 0 saturated heterocycles. The molecule has 0 N–H and O–H groups in total. The third-order valence-electron chi connectivity index (χ3n) is 4.75. The van der Waals surface area contributed by atoms with E-state index in [9.17, 15) is 0 Å². The molecule has 0 aliphatic rings. The minimum absolute atomic E-state index is 0.935. The summed E-state index contributed by atoms with van der Waals surface area (Å²) in [5.74, 6) is 2.12. The Hall–Kier alpha value is -0.350. The summed E-state index contributed by atoms with van der Waals surface area (Å²) in [5, 5.41) is 0. The minimum atomic E-state index is 0.935. The molecule has 4 heteroatoms. The fraction of sp³-hybridized carbons (Fsp3) is 0.810. The first-order chi connectivity index (χ1) is 12.3. The van der Waals surface area contributed by atoms with Crippen molar-refractivity contribution in [2.45, 2.75) is 104 Å². The summed E-state index contributed by atoms with van der Waals surface area (Å²) in [7, 11) is 0. The van der Waals surface area contributed by atoms with Crippen molar-refractivity contribution in [3.63, 3.8) is 0 Å². The van der Waals surface area contributed by atoms with Crippen molar-refractivity contribution < 1.29 is 0 Å². The number of imidazole rings is 1. The Balaban J connectivity index is 1.79. The lowest BCUT2D eigenvalue weighted by atomic mass is 10.0. The molecule has 0 unspecified atom stereocenters. The van der Waals surface area contributed by atoms with Crippen molar-refractivity contribution in [1.82, 2.24) is 9.55 Å². The summed E-state index contributed by atoms with van der Waals surface area (Å²) >= 11 is 7.23. The predicted molar refractivity (Wildman–Crippen MR) is 118 cm³/mol. The van der Waals surface area contributed by atoms with Crippen LogP contribution in [0.5, 0.6) is 0 Å². The lowest BCUT2D eigenvalue weighted by Crippen LogP contribution is -2.06. The summed E-state index contributed by atoms with van der Waals surface area (Å²) in [6.45, 7) is 4.29. The van der Waals surface area contributed by atoms with Crippen LogP contribution in [-0.2, 0) is 0 Å². The van der Waals surface area contributed by atoms with Crippen LogP contribution in [0.3, 0.4) is 0 Å². The number of aromatic nitrogens is 2. The molecular weight excluding hydrogens is 344 g/mol. The fourth-order valence-corrected chi connectivity index (χ4v) is 4.39. The molecule has 0 saturated carbocycles. The highest BCUT2D eigenvalue weighted by Gasteiger charge is 2.03. The molecular formula is C21H38N2S2. The van der Waals surface area contributed by atoms with Crippen LogP contribution >= 0.6 is 24.0 Å². The smallest absolute Gasteiger partial charge is 0.145 e. The second-order valence-corrected chi connectivity index (χ2v) is 8.78. The maximum Gasteiger partial charge on any atom is 0.145 e. The van der Waals surface area contributed by atoms with Gasteiger partial charge in [0, 0.05) is 18.1 Å². The van der Waals surface area contributed by atoms with E-state index in [1.165, 1.54) is 89.9 Å². The largest absolute Gasteiger partial charge is 0.289 e. The summed E-state index contributed by atoms with van der Waals surface area (Å²) in [5.41, 5.74) is 0. The van der Waals surface area contributed by atoms with E-state index in [4.69, 9.17) is 12.2 Å². The number of hydrogen-bond donors (Lipinski definition) is 0. The van der Waals surface area contributed by atoms with E-state index < -0.39 is 0 Å². The van der Waals surface area contributed by atoms with Crippen molar-refractivity contribution in [3.05, 3.63) is 18.2 Å². The van der Waals surface area contributed by atoms with Crippen LogP contribution in [-0.4, -0.2) is 19.6 Å². The standard InChI is InChI=1S/C21H38N2S2/c1-3-4-5-6-7-8-9-10-11-12-13-14-15-16-19-25-21(24)23-18-17-22-20(23)2/h17-18H,3-16,19H2,1-2H3. The highest BCUT2D eigenvalue weighted by Crippen LogP contribution is 2.15. The van der Waals surface area contributed by atoms with Gasteiger partial charge in [-0.15, -0.1) is 0 Å². The van der Waals surface area contributed by atoms with Crippen molar-refractivity contribution >= 4 is 28.3 Å². The van der Waals surface area contributed by atoms with Gasteiger partial charge in [0.1, 0.15) is 10.1 Å². The van der Waals surface area contributed by atoms with Gasteiger partial charge in [0.05, 0.1) is 0 Å². The van der Waals surface area contributed by atoms with Crippen LogP contribution in [0, 0.1) is 6.92 Å². The van der Waals surface area contributed by atoms with Crippen molar-refractivity contribution in [3.8, 4) is 0 Å². The van der Waals surface area contributed by atoms with E-state index in [0.717, 1.165) is 15.9 Å². The Morgan fingerprint density at radius 3 is 1.80 bits per heavy atom. The zero-order chi connectivity index (χ0) is 18.2. The fourth-order valence-electron chi connectivity index (χ4n) is 3.10. The highest BCUT2D eigenvalue weighted by molar-refractivity contribution is 8.23. The predicted octanol–water partition coefficient (Wildman–Crippen LogP) is 7.54. The van der Waals surface area contributed by atoms with Gasteiger partial charge < -0.3 is 0 Å². The Morgan fingerprint density at radius 2 is 1.36 bits per heavy atom. The van der Waals surface area contributed by atoms with E-state index in [1.54, 1.807) is 11.8 Å². The summed E-state index contributed by atoms with van der Waals surface area (Å²) in [4.78, 5) is 4.22. The highest BCUT2D eigenvalue weighted by atomic mass is 32.2. The molecule has 1 aromatic rings. The first-order valence-corrected chi connectivity index (χ1v) is 11.8. The second-order valence-electron chi connectivity index (χ2n) is 7.06. The molecule has 1 rings (SSSR count). The molecule has 0 fully saturated rings. The van der Waals surface area contributed by atoms with Gasteiger partial charge in [-0.05, 0) is 13.3 Å². The van der Waals surface area contributed by atoms with Gasteiger partial charge in [-0.3, -0.25) is 4.57 Å². The van der Waals surface area contributed by atoms with Crippen LogP contribution in [0.4, 0.5) is 0 Å². The van der Waals surface area contributed by atoms with Gasteiger partial charge in [-0.1, -0.05) is 114 Å². The van der Waals surface area contributed by atoms with Crippen LogP contribution in [0.15, 0.2) is 12.4 Å². The molecule has 0 atom stereocenters. The van der Waals surface area contributed by atoms with Crippen molar-refractivity contribution in [2.24, 2.45) is 0 Å². The third-order valence-corrected chi connectivity index (χ3v) is 6.23. The molecule has 0 amide bonds. The van der Waals surface area contributed by atoms with Gasteiger partial charge in [0.15, 0.2) is 0 Å². The van der Waals surface area contributed by atoms with Gasteiger partial charge in [0.25, 0.3) is 0 Å². The zero-order valence-corrected chi connectivity index (χ0v) is 18.1. The summed E-state index contributed by atoms with van der Waals surface area (Å²) < 4.78 is 2.94. The first-order valence-electron chi connectivity index (χ1n) is 10.4. The van der Waals surface area contributed by atoms with E-state index in [-0.39, 0.29) is 0 Å². The molecule has 1 aromatic heterocycles. The van der Waals surface area contributed by atoms with E-state index in [2.05, 4.69) is 11.9 Å². The van der Waals surface area contributed by atoms with Gasteiger partial charge >= 0.3 is 0 Å². The summed E-state index contributed by atoms with van der Waals surface area (Å²) in [6, 6.07) is 0. The number of thiocarbonyl (C=S) groups is 1. The monoisotopic (exact) mass is 382 g/mol. The Morgan fingerprint density at radius 1 is 0.880 bits per heavy atom. The number of unbranched alkanes of at least 4 members (excludes halogenated alkanes) is 13. The van der Waals surface area contributed by atoms with Crippen molar-refractivity contribution in [1.29, 1.82) is 0 Å². The molecule has 0 bridgehead atoms. The van der Waals surface area contributed by atoms with Crippen LogP contribution in [0.1, 0.15) is 103 Å². The SMILES string of the molecule is CCCCCCCCCCCCCCCCSC(=S)n1ccnc1C. The van der Waals surface area contributed by atoms with Gasteiger partial charge in [0.2, 0.25) is 0 Å². The van der Waals surface area contributed by atoms with Gasteiger partial charge in [-0.25, -0.2) is 4.98 Å². The normalized spacial score (nSPS) is 11.1. The molecule has 2 nitrogen and oxygen atoms in total. The molecule has 0 radical (unpaired) electrons. The van der Waals surface area contributed by atoms with E-state index in [0.29, 0.717) is 0 Å². The molecule has 1 heterocycles. The molecule has 25 heavy (non-hydrogen) atoms. The quantitative estimate of drug-likeness (QED) is 0.230. The molecule has 0 spiro atoms. The topological polar surface area (TPSA) is 17.8 Å². The Kier molecular flexibility index (Phi) is 14.4. The minimum Gasteiger partial charge on any atom is -0.289 e. The first kappa shape index (κ1) is 22.7. The third kappa shape index (κ3) is 11.8. The van der Waals surface area contributed by atoms with Crippen LogP contribution < -0.4 is 0 Å². The Bertz CT molecular complexity index is 443. The average molecular weight is 383 g/mol. The lowest BCUT2D eigenvalue weighted by Gasteiger charge is -2.06. The molecule has 144 valence electrons. The summed E-state index contributed by atoms with van der Waals surface area (Å²) in [6.07, 6.45) is 23.5. The van der Waals surface area contributed by atoms with Crippen molar-refractivity contribution in [2.75, 3.05) is 5.75 Å². The Labute approximate surface area is 165 Å². The van der Waals surface area contributed by atoms with E-state index >= 15 is 0 Å². The number of rotatable bonds is 15. The number of hydrogen-bond acceptors (Lipinski definition) is 3. The number of thioether (sulfide) groups is 1. The molecule has 0 aliphatic heterocycles. The average Bonchev–Trinajstić information content (AvgIpc) is 3.04. The maximum atomic E-state index is 5.45. The second kappa shape index (κ2) is 15.9. The number of aryl methyl sites for hydroxylation is 1. The maximum absolute atomic E-state index is 5.45. The number of nitrogens with zero attached hydrogens (tertiary/aromatic N) is 2. The molecule has 0 aromatic carbocycles. The lowest BCUT2D eigenvalue weighted by molar-refractivity contribution is 0.538.